The molecular weight excluding hydrogens is 370 g/mol. The van der Waals surface area contributed by atoms with Crippen molar-refractivity contribution in [3.05, 3.63) is 48.7 Å². The van der Waals surface area contributed by atoms with Crippen LogP contribution in [-0.2, 0) is 4.43 Å². The van der Waals surface area contributed by atoms with Crippen molar-refractivity contribution in [2.75, 3.05) is 23.3 Å². The third-order valence-corrected chi connectivity index (χ3v) is 9.92. The number of anilines is 2. The van der Waals surface area contributed by atoms with Crippen molar-refractivity contribution < 1.29 is 14.0 Å². The molecule has 0 atom stereocenters. The Hall–Kier alpha value is -2.38. The molecule has 1 aromatic carbocycles. The molecule has 1 saturated heterocycles. The van der Waals surface area contributed by atoms with Crippen molar-refractivity contribution in [3.63, 3.8) is 0 Å². The van der Waals surface area contributed by atoms with Crippen LogP contribution in [0, 0.1) is 0 Å². The largest absolute Gasteiger partial charge is 0.417 e. The highest BCUT2D eigenvalue weighted by atomic mass is 28.4. The van der Waals surface area contributed by atoms with Gasteiger partial charge in [-0.2, -0.15) is 0 Å². The maximum absolute atomic E-state index is 11.9. The average Bonchev–Trinajstić information content (AvgIpc) is 2.58. The van der Waals surface area contributed by atoms with Crippen LogP contribution in [0.3, 0.4) is 0 Å². The smallest absolute Gasteiger partial charge is 0.410 e. The van der Waals surface area contributed by atoms with E-state index in [-0.39, 0.29) is 11.1 Å². The lowest BCUT2D eigenvalue weighted by Gasteiger charge is -2.46. The molecule has 1 aliphatic heterocycles. The molecule has 3 rings (SSSR count). The SMILES string of the molecule is CC(C)(C)[Si](C)(C)OC1CN(c2ccc(NC(=O)Oc3ccccc3)cn2)C1. The van der Waals surface area contributed by atoms with Gasteiger partial charge in [-0.25, -0.2) is 9.78 Å². The Morgan fingerprint density at radius 2 is 1.82 bits per heavy atom. The Morgan fingerprint density at radius 1 is 1.14 bits per heavy atom. The zero-order chi connectivity index (χ0) is 20.4. The summed E-state index contributed by atoms with van der Waals surface area (Å²) in [6.07, 6.45) is 1.37. The van der Waals surface area contributed by atoms with Gasteiger partial charge >= 0.3 is 6.09 Å². The van der Waals surface area contributed by atoms with Crippen LogP contribution in [0.2, 0.25) is 18.1 Å². The van der Waals surface area contributed by atoms with Crippen LogP contribution in [0.5, 0.6) is 5.75 Å². The minimum atomic E-state index is -1.74. The van der Waals surface area contributed by atoms with Gasteiger partial charge < -0.3 is 14.1 Å². The van der Waals surface area contributed by atoms with E-state index in [0.29, 0.717) is 11.4 Å². The fourth-order valence-corrected chi connectivity index (χ4v) is 4.02. The number of carbonyl (C=O) groups is 1. The Morgan fingerprint density at radius 3 is 2.39 bits per heavy atom. The quantitative estimate of drug-likeness (QED) is 0.724. The molecule has 0 unspecified atom stereocenters. The lowest BCUT2D eigenvalue weighted by Crippen LogP contribution is -2.58. The molecular formula is C21H29N3O3Si. The number of hydrogen-bond donors (Lipinski definition) is 1. The number of rotatable bonds is 5. The number of nitrogens with one attached hydrogen (secondary N) is 1. The second-order valence-electron chi connectivity index (χ2n) is 8.64. The predicted molar refractivity (Wildman–Crippen MR) is 115 cm³/mol. The van der Waals surface area contributed by atoms with Gasteiger partial charge in [0.2, 0.25) is 0 Å². The summed E-state index contributed by atoms with van der Waals surface area (Å²) in [6.45, 7) is 13.0. The minimum Gasteiger partial charge on any atom is -0.410 e. The molecule has 1 N–H and O–H groups in total. The third-order valence-electron chi connectivity index (χ3n) is 5.39. The fourth-order valence-electron chi connectivity index (χ4n) is 2.68. The van der Waals surface area contributed by atoms with Gasteiger partial charge in [0.05, 0.1) is 18.0 Å². The Kier molecular flexibility index (Phi) is 5.76. The number of amides is 1. The van der Waals surface area contributed by atoms with E-state index in [1.165, 1.54) is 0 Å². The standard InChI is InChI=1S/C21H29N3O3Si/c1-21(2,3)28(4,5)27-18-14-24(15-18)19-12-11-16(13-22-19)23-20(25)26-17-9-7-6-8-10-17/h6-13,18H,14-15H2,1-5H3,(H,23,25). The Bertz CT molecular complexity index is 798. The summed E-state index contributed by atoms with van der Waals surface area (Å²) in [6, 6.07) is 12.7. The van der Waals surface area contributed by atoms with Crippen molar-refractivity contribution in [2.24, 2.45) is 0 Å². The van der Waals surface area contributed by atoms with Crippen LogP contribution in [0.4, 0.5) is 16.3 Å². The normalized spacial score (nSPS) is 15.1. The first-order valence-electron chi connectivity index (χ1n) is 9.57. The van der Waals surface area contributed by atoms with Gasteiger partial charge in [-0.1, -0.05) is 39.0 Å². The fraction of sp³-hybridized carbons (Fsp3) is 0.429. The zero-order valence-corrected chi connectivity index (χ0v) is 18.2. The average molecular weight is 400 g/mol. The second kappa shape index (κ2) is 7.93. The van der Waals surface area contributed by atoms with E-state index >= 15 is 0 Å². The van der Waals surface area contributed by atoms with E-state index in [4.69, 9.17) is 9.16 Å². The molecule has 150 valence electrons. The highest BCUT2D eigenvalue weighted by Gasteiger charge is 2.42. The maximum atomic E-state index is 11.9. The van der Waals surface area contributed by atoms with Crippen LogP contribution in [0.1, 0.15) is 20.8 Å². The molecule has 1 aromatic heterocycles. The van der Waals surface area contributed by atoms with Gasteiger partial charge in [0.1, 0.15) is 11.6 Å². The molecule has 28 heavy (non-hydrogen) atoms. The number of carbonyl (C=O) groups excluding carboxylic acids is 1. The summed E-state index contributed by atoms with van der Waals surface area (Å²) in [5, 5.41) is 2.90. The summed E-state index contributed by atoms with van der Waals surface area (Å²) in [4.78, 5) is 18.6. The van der Waals surface area contributed by atoms with Crippen LogP contribution >= 0.6 is 0 Å². The predicted octanol–water partition coefficient (Wildman–Crippen LogP) is 4.90. The number of aromatic nitrogens is 1. The van der Waals surface area contributed by atoms with Crippen molar-refractivity contribution in [2.45, 2.75) is 45.0 Å². The zero-order valence-electron chi connectivity index (χ0n) is 17.2. The molecule has 0 bridgehead atoms. The lowest BCUT2D eigenvalue weighted by atomic mass is 10.2. The van der Waals surface area contributed by atoms with Gasteiger partial charge in [0.25, 0.3) is 0 Å². The first-order chi connectivity index (χ1) is 13.1. The molecule has 1 amide bonds. The number of pyridine rings is 1. The number of benzene rings is 1. The number of ether oxygens (including phenoxy) is 1. The first kappa shape index (κ1) is 20.4. The van der Waals surface area contributed by atoms with Gasteiger partial charge in [-0.15, -0.1) is 0 Å². The number of para-hydroxylation sites is 1. The van der Waals surface area contributed by atoms with Gasteiger partial charge in [0, 0.05) is 13.1 Å². The lowest BCUT2D eigenvalue weighted by molar-refractivity contribution is 0.148. The van der Waals surface area contributed by atoms with Gasteiger partial charge in [-0.3, -0.25) is 5.32 Å². The molecule has 1 fully saturated rings. The molecule has 0 aliphatic carbocycles. The van der Waals surface area contributed by atoms with Crippen LogP contribution in [0.25, 0.3) is 0 Å². The summed E-state index contributed by atoms with van der Waals surface area (Å²) < 4.78 is 11.6. The summed E-state index contributed by atoms with van der Waals surface area (Å²) in [5.41, 5.74) is 0.597. The van der Waals surface area contributed by atoms with E-state index in [1.54, 1.807) is 18.3 Å². The summed E-state index contributed by atoms with van der Waals surface area (Å²) >= 11 is 0. The van der Waals surface area contributed by atoms with Crippen molar-refractivity contribution in [1.29, 1.82) is 0 Å². The topological polar surface area (TPSA) is 63.7 Å². The minimum absolute atomic E-state index is 0.216. The van der Waals surface area contributed by atoms with E-state index in [0.717, 1.165) is 18.9 Å². The van der Waals surface area contributed by atoms with Crippen LogP contribution < -0.4 is 15.0 Å². The molecule has 7 heteroatoms. The second-order valence-corrected chi connectivity index (χ2v) is 13.4. The highest BCUT2D eigenvalue weighted by molar-refractivity contribution is 6.74. The maximum Gasteiger partial charge on any atom is 0.417 e. The molecule has 1 aliphatic rings. The molecule has 0 radical (unpaired) electrons. The third kappa shape index (κ3) is 4.91. The van der Waals surface area contributed by atoms with Crippen molar-refractivity contribution in [1.82, 2.24) is 4.98 Å². The van der Waals surface area contributed by atoms with E-state index in [9.17, 15) is 4.79 Å². The molecule has 2 heterocycles. The number of hydrogen-bond acceptors (Lipinski definition) is 5. The van der Waals surface area contributed by atoms with Crippen LogP contribution in [0.15, 0.2) is 48.7 Å². The van der Waals surface area contributed by atoms with E-state index < -0.39 is 14.4 Å². The van der Waals surface area contributed by atoms with Gasteiger partial charge in [-0.05, 0) is 42.4 Å². The van der Waals surface area contributed by atoms with Crippen molar-refractivity contribution >= 4 is 25.9 Å². The highest BCUT2D eigenvalue weighted by Crippen LogP contribution is 2.38. The van der Waals surface area contributed by atoms with E-state index in [2.05, 4.69) is 49.1 Å². The van der Waals surface area contributed by atoms with Crippen molar-refractivity contribution in [3.8, 4) is 5.75 Å². The van der Waals surface area contributed by atoms with Gasteiger partial charge in [0.15, 0.2) is 8.32 Å². The molecule has 6 nitrogen and oxygen atoms in total. The molecule has 2 aromatic rings. The first-order valence-corrected chi connectivity index (χ1v) is 12.5. The summed E-state index contributed by atoms with van der Waals surface area (Å²) in [5.74, 6) is 1.38. The monoisotopic (exact) mass is 399 g/mol. The number of nitrogens with zero attached hydrogens (tertiary/aromatic N) is 2. The molecule has 0 saturated carbocycles. The van der Waals surface area contributed by atoms with E-state index in [1.807, 2.05) is 30.3 Å². The Balaban J connectivity index is 1.48. The van der Waals surface area contributed by atoms with Crippen LogP contribution in [-0.4, -0.2) is 38.6 Å². The Labute approximate surface area is 168 Å². The summed E-state index contributed by atoms with van der Waals surface area (Å²) in [7, 11) is -1.74. The molecule has 0 spiro atoms.